The van der Waals surface area contributed by atoms with Crippen molar-refractivity contribution in [3.63, 3.8) is 0 Å². The fourth-order valence-electron chi connectivity index (χ4n) is 1.95. The van der Waals surface area contributed by atoms with E-state index >= 15 is 0 Å². The Morgan fingerprint density at radius 2 is 2.00 bits per heavy atom. The maximum absolute atomic E-state index is 11.8. The molecular weight excluding hydrogens is 304 g/mol. The van der Waals surface area contributed by atoms with Crippen LogP contribution in [0.3, 0.4) is 0 Å². The molecule has 0 aliphatic heterocycles. The highest BCUT2D eigenvalue weighted by atomic mass is 32.2. The molecule has 2 aromatic rings. The summed E-state index contributed by atoms with van der Waals surface area (Å²) in [5.41, 5.74) is 0.0215. The number of aryl methyl sites for hydroxylation is 1. The number of rotatable bonds is 6. The molecule has 0 bridgehead atoms. The van der Waals surface area contributed by atoms with Crippen LogP contribution in [-0.4, -0.2) is 22.4 Å². The van der Waals surface area contributed by atoms with Gasteiger partial charge in [0.25, 0.3) is 11.2 Å². The predicted octanol–water partition coefficient (Wildman–Crippen LogP) is 2.87. The molecule has 0 N–H and O–H groups in total. The van der Waals surface area contributed by atoms with Crippen LogP contribution in [0.25, 0.3) is 0 Å². The van der Waals surface area contributed by atoms with E-state index in [0.717, 1.165) is 4.90 Å². The zero-order valence-electron chi connectivity index (χ0n) is 12.3. The molecule has 0 atom stereocenters. The average Bonchev–Trinajstić information content (AvgIpc) is 2.49. The standard InChI is InChI=1S/C15H16N2O4S/c1-11-9-15(18)16(10-14(11)17(19)20)7-8-21-12-3-5-13(22-2)6-4-12/h3-6,9-10H,7-8H2,1-2H3. The molecule has 0 spiro atoms. The molecule has 0 aliphatic rings. The van der Waals surface area contributed by atoms with Crippen molar-refractivity contribution in [3.05, 3.63) is 62.6 Å². The molecule has 22 heavy (non-hydrogen) atoms. The van der Waals surface area contributed by atoms with Gasteiger partial charge in [-0.05, 0) is 37.4 Å². The van der Waals surface area contributed by atoms with Crippen molar-refractivity contribution in [1.82, 2.24) is 4.57 Å². The number of pyridine rings is 1. The third-order valence-electron chi connectivity index (χ3n) is 3.16. The molecule has 1 aromatic heterocycles. The number of aromatic nitrogens is 1. The lowest BCUT2D eigenvalue weighted by atomic mass is 10.2. The van der Waals surface area contributed by atoms with Crippen LogP contribution in [0, 0.1) is 17.0 Å². The lowest BCUT2D eigenvalue weighted by Gasteiger charge is -2.09. The summed E-state index contributed by atoms with van der Waals surface area (Å²) in [6.07, 6.45) is 3.25. The number of nitrogens with zero attached hydrogens (tertiary/aromatic N) is 2. The normalized spacial score (nSPS) is 10.5. The molecule has 0 unspecified atom stereocenters. The summed E-state index contributed by atoms with van der Waals surface area (Å²) in [7, 11) is 0. The van der Waals surface area contributed by atoms with Crippen molar-refractivity contribution in [1.29, 1.82) is 0 Å². The van der Waals surface area contributed by atoms with Crippen LogP contribution in [0.15, 0.2) is 46.2 Å². The average molecular weight is 320 g/mol. The molecule has 1 heterocycles. The second-order valence-electron chi connectivity index (χ2n) is 4.65. The smallest absolute Gasteiger partial charge is 0.288 e. The van der Waals surface area contributed by atoms with E-state index < -0.39 is 4.92 Å². The van der Waals surface area contributed by atoms with E-state index in [0.29, 0.717) is 11.3 Å². The van der Waals surface area contributed by atoms with Crippen molar-refractivity contribution in [2.24, 2.45) is 0 Å². The van der Waals surface area contributed by atoms with Crippen LogP contribution in [-0.2, 0) is 6.54 Å². The molecule has 6 nitrogen and oxygen atoms in total. The predicted molar refractivity (Wildman–Crippen MR) is 85.8 cm³/mol. The lowest BCUT2D eigenvalue weighted by molar-refractivity contribution is -0.385. The van der Waals surface area contributed by atoms with Gasteiger partial charge in [0.05, 0.1) is 17.7 Å². The molecule has 1 aromatic carbocycles. The van der Waals surface area contributed by atoms with Crippen LogP contribution < -0.4 is 10.3 Å². The first-order chi connectivity index (χ1) is 10.5. The van der Waals surface area contributed by atoms with Crippen molar-refractivity contribution in [2.75, 3.05) is 12.9 Å². The zero-order valence-corrected chi connectivity index (χ0v) is 13.1. The maximum atomic E-state index is 11.8. The SMILES string of the molecule is CSc1ccc(OCCn2cc([N+](=O)[O-])c(C)cc2=O)cc1. The van der Waals surface area contributed by atoms with Gasteiger partial charge in [0, 0.05) is 16.5 Å². The summed E-state index contributed by atoms with van der Waals surface area (Å²) in [5.74, 6) is 0.701. The quantitative estimate of drug-likeness (QED) is 0.465. The third kappa shape index (κ3) is 3.88. The highest BCUT2D eigenvalue weighted by Gasteiger charge is 2.13. The topological polar surface area (TPSA) is 74.4 Å². The van der Waals surface area contributed by atoms with Gasteiger partial charge in [0.1, 0.15) is 12.4 Å². The minimum atomic E-state index is -0.493. The molecule has 116 valence electrons. The number of nitro groups is 1. The summed E-state index contributed by atoms with van der Waals surface area (Å²) < 4.78 is 6.85. The molecule has 0 aliphatic carbocycles. The molecule has 0 amide bonds. The number of hydrogen-bond acceptors (Lipinski definition) is 5. The molecular formula is C15H16N2O4S. The fourth-order valence-corrected chi connectivity index (χ4v) is 2.36. The molecule has 0 fully saturated rings. The minimum absolute atomic E-state index is 0.0658. The van der Waals surface area contributed by atoms with Crippen LogP contribution in [0.1, 0.15) is 5.56 Å². The Bertz CT molecular complexity index is 725. The molecule has 2 rings (SSSR count). The molecule has 0 radical (unpaired) electrons. The molecule has 0 saturated carbocycles. The van der Waals surface area contributed by atoms with E-state index in [1.807, 2.05) is 30.5 Å². The van der Waals surface area contributed by atoms with Gasteiger partial charge < -0.3 is 9.30 Å². The van der Waals surface area contributed by atoms with E-state index in [-0.39, 0.29) is 24.4 Å². The van der Waals surface area contributed by atoms with E-state index in [1.54, 1.807) is 18.7 Å². The van der Waals surface area contributed by atoms with Gasteiger partial charge in [-0.3, -0.25) is 14.9 Å². The van der Waals surface area contributed by atoms with Crippen LogP contribution in [0.5, 0.6) is 5.75 Å². The van der Waals surface area contributed by atoms with Gasteiger partial charge >= 0.3 is 0 Å². The Labute approximate surface area is 131 Å². The van der Waals surface area contributed by atoms with Gasteiger partial charge in [-0.25, -0.2) is 0 Å². The van der Waals surface area contributed by atoms with Crippen LogP contribution in [0.4, 0.5) is 5.69 Å². The van der Waals surface area contributed by atoms with E-state index in [9.17, 15) is 14.9 Å². The first kappa shape index (κ1) is 16.1. The minimum Gasteiger partial charge on any atom is -0.492 e. The second-order valence-corrected chi connectivity index (χ2v) is 5.53. The highest BCUT2D eigenvalue weighted by molar-refractivity contribution is 7.98. The summed E-state index contributed by atoms with van der Waals surface area (Å²) in [6, 6.07) is 8.87. The fraction of sp³-hybridized carbons (Fsp3) is 0.267. The summed E-state index contributed by atoms with van der Waals surface area (Å²) >= 11 is 1.64. The van der Waals surface area contributed by atoms with Gasteiger partial charge in [-0.1, -0.05) is 0 Å². The summed E-state index contributed by atoms with van der Waals surface area (Å²) in [5, 5.41) is 10.9. The van der Waals surface area contributed by atoms with E-state index in [2.05, 4.69) is 0 Å². The Hall–Kier alpha value is -2.28. The van der Waals surface area contributed by atoms with E-state index in [1.165, 1.54) is 16.8 Å². The van der Waals surface area contributed by atoms with E-state index in [4.69, 9.17) is 4.74 Å². The van der Waals surface area contributed by atoms with Crippen molar-refractivity contribution >= 4 is 17.4 Å². The largest absolute Gasteiger partial charge is 0.492 e. The Morgan fingerprint density at radius 1 is 1.32 bits per heavy atom. The van der Waals surface area contributed by atoms with Gasteiger partial charge in [-0.2, -0.15) is 0 Å². The Balaban J connectivity index is 2.03. The summed E-state index contributed by atoms with van der Waals surface area (Å²) in [6.45, 7) is 2.07. The zero-order chi connectivity index (χ0) is 16.1. The number of benzene rings is 1. The van der Waals surface area contributed by atoms with Gasteiger partial charge in [0.2, 0.25) is 0 Å². The Morgan fingerprint density at radius 3 is 2.59 bits per heavy atom. The van der Waals surface area contributed by atoms with Crippen molar-refractivity contribution in [2.45, 2.75) is 18.4 Å². The maximum Gasteiger partial charge on any atom is 0.288 e. The van der Waals surface area contributed by atoms with Crippen LogP contribution >= 0.6 is 11.8 Å². The van der Waals surface area contributed by atoms with Crippen molar-refractivity contribution < 1.29 is 9.66 Å². The summed E-state index contributed by atoms with van der Waals surface area (Å²) in [4.78, 5) is 23.4. The molecule has 7 heteroatoms. The highest BCUT2D eigenvalue weighted by Crippen LogP contribution is 2.19. The monoisotopic (exact) mass is 320 g/mol. The number of hydrogen-bond donors (Lipinski definition) is 0. The first-order valence-corrected chi connectivity index (χ1v) is 7.86. The first-order valence-electron chi connectivity index (χ1n) is 6.63. The number of thioether (sulfide) groups is 1. The number of ether oxygens (including phenoxy) is 1. The lowest BCUT2D eigenvalue weighted by Crippen LogP contribution is -2.23. The second kappa shape index (κ2) is 7.13. The van der Waals surface area contributed by atoms with Crippen molar-refractivity contribution in [3.8, 4) is 5.75 Å². The van der Waals surface area contributed by atoms with Gasteiger partial charge in [-0.15, -0.1) is 11.8 Å². The van der Waals surface area contributed by atoms with Gasteiger partial charge in [0.15, 0.2) is 0 Å². The Kier molecular flexibility index (Phi) is 5.21. The van der Waals surface area contributed by atoms with Crippen LogP contribution in [0.2, 0.25) is 0 Å². The third-order valence-corrected chi connectivity index (χ3v) is 3.91. The molecule has 0 saturated heterocycles.